The van der Waals surface area contributed by atoms with Crippen molar-refractivity contribution >= 4 is 15.9 Å². The van der Waals surface area contributed by atoms with Gasteiger partial charge in [0.15, 0.2) is 0 Å². The summed E-state index contributed by atoms with van der Waals surface area (Å²) in [5.41, 5.74) is 0.299. The number of amides is 1. The summed E-state index contributed by atoms with van der Waals surface area (Å²) in [4.78, 5) is 11.9. The van der Waals surface area contributed by atoms with E-state index >= 15 is 0 Å². The summed E-state index contributed by atoms with van der Waals surface area (Å²) in [6.45, 7) is 5.79. The Kier molecular flexibility index (Phi) is 5.41. The summed E-state index contributed by atoms with van der Waals surface area (Å²) in [6, 6.07) is 3.62. The monoisotopic (exact) mass is 342 g/mol. The highest BCUT2D eigenvalue weighted by atomic mass is 32.2. The summed E-state index contributed by atoms with van der Waals surface area (Å²) in [6.07, 6.45) is 1.44. The molecule has 0 radical (unpaired) electrons. The van der Waals surface area contributed by atoms with Crippen LogP contribution in [-0.4, -0.2) is 37.8 Å². The highest BCUT2D eigenvalue weighted by Gasteiger charge is 2.31. The summed E-state index contributed by atoms with van der Waals surface area (Å²) >= 11 is 0. The fourth-order valence-corrected chi connectivity index (χ4v) is 4.18. The number of carbonyl (C=O) groups excluding carboxylic acids is 1. The van der Waals surface area contributed by atoms with Crippen LogP contribution in [0.2, 0.25) is 0 Å². The fourth-order valence-electron chi connectivity index (χ4n) is 2.57. The van der Waals surface area contributed by atoms with Crippen LogP contribution in [-0.2, 0) is 14.8 Å². The quantitative estimate of drug-likeness (QED) is 0.911. The molecule has 1 aliphatic heterocycles. The largest absolute Gasteiger partial charge is 0.352 e. The molecule has 1 aromatic carbocycles. The average Bonchev–Trinajstić information content (AvgIpc) is 2.50. The zero-order chi connectivity index (χ0) is 17.2. The lowest BCUT2D eigenvalue weighted by Crippen LogP contribution is -2.50. The van der Waals surface area contributed by atoms with E-state index in [2.05, 4.69) is 5.32 Å². The van der Waals surface area contributed by atoms with Crippen LogP contribution >= 0.6 is 0 Å². The molecule has 0 aliphatic carbocycles. The molecule has 1 amide bonds. The zero-order valence-electron chi connectivity index (χ0n) is 13.7. The maximum Gasteiger partial charge on any atom is 0.243 e. The number of nitrogens with zero attached hydrogens (tertiary/aromatic N) is 1. The van der Waals surface area contributed by atoms with Gasteiger partial charge in [0.25, 0.3) is 0 Å². The van der Waals surface area contributed by atoms with Crippen molar-refractivity contribution in [3.05, 3.63) is 29.6 Å². The second-order valence-electron chi connectivity index (χ2n) is 6.28. The number of hydrogen-bond acceptors (Lipinski definition) is 3. The topological polar surface area (TPSA) is 66.5 Å². The Balaban J connectivity index is 2.16. The lowest BCUT2D eigenvalue weighted by atomic mass is 10.1. The van der Waals surface area contributed by atoms with Crippen molar-refractivity contribution < 1.29 is 17.6 Å². The Morgan fingerprint density at radius 1 is 1.39 bits per heavy atom. The number of sulfonamides is 1. The number of hydrogen-bond donors (Lipinski definition) is 1. The molecule has 1 saturated heterocycles. The van der Waals surface area contributed by atoms with Crippen LogP contribution < -0.4 is 5.32 Å². The van der Waals surface area contributed by atoms with Crippen molar-refractivity contribution in [2.24, 2.45) is 5.92 Å². The van der Waals surface area contributed by atoms with E-state index in [-0.39, 0.29) is 29.3 Å². The number of piperidine rings is 1. The smallest absolute Gasteiger partial charge is 0.243 e. The lowest BCUT2D eigenvalue weighted by molar-refractivity contribution is -0.124. The molecule has 1 fully saturated rings. The van der Waals surface area contributed by atoms with E-state index in [9.17, 15) is 17.6 Å². The summed E-state index contributed by atoms with van der Waals surface area (Å²) in [7, 11) is -3.67. The van der Waals surface area contributed by atoms with Gasteiger partial charge in [-0.2, -0.15) is 4.31 Å². The highest BCUT2D eigenvalue weighted by Crippen LogP contribution is 2.22. The van der Waals surface area contributed by atoms with E-state index in [1.54, 1.807) is 13.8 Å². The van der Waals surface area contributed by atoms with Crippen molar-refractivity contribution in [3.63, 3.8) is 0 Å². The van der Waals surface area contributed by atoms with Crippen LogP contribution in [0.3, 0.4) is 0 Å². The Morgan fingerprint density at radius 3 is 2.70 bits per heavy atom. The molecule has 0 spiro atoms. The van der Waals surface area contributed by atoms with E-state index in [0.717, 1.165) is 6.42 Å². The third-order valence-electron chi connectivity index (χ3n) is 4.02. The van der Waals surface area contributed by atoms with Crippen molar-refractivity contribution in [1.29, 1.82) is 0 Å². The lowest BCUT2D eigenvalue weighted by Gasteiger charge is -2.32. The number of benzene rings is 1. The summed E-state index contributed by atoms with van der Waals surface area (Å²) in [5, 5.41) is 2.89. The van der Waals surface area contributed by atoms with Gasteiger partial charge in [-0.25, -0.2) is 12.8 Å². The predicted octanol–water partition coefficient (Wildman–Crippen LogP) is 2.06. The minimum absolute atomic E-state index is 0.0770. The zero-order valence-corrected chi connectivity index (χ0v) is 14.5. The first-order valence-corrected chi connectivity index (χ1v) is 9.22. The van der Waals surface area contributed by atoms with Gasteiger partial charge in [0, 0.05) is 25.0 Å². The molecule has 5 nitrogen and oxygen atoms in total. The summed E-state index contributed by atoms with van der Waals surface area (Å²) in [5.74, 6) is -0.640. The number of halogens is 1. The number of rotatable bonds is 4. The molecule has 0 aromatic heterocycles. The van der Waals surface area contributed by atoms with Gasteiger partial charge in [-0.1, -0.05) is 13.8 Å². The van der Waals surface area contributed by atoms with Crippen LogP contribution in [0.15, 0.2) is 23.1 Å². The molecule has 1 N–H and O–H groups in total. The van der Waals surface area contributed by atoms with E-state index in [1.807, 2.05) is 0 Å². The van der Waals surface area contributed by atoms with Gasteiger partial charge in [0.1, 0.15) is 5.82 Å². The molecule has 1 atom stereocenters. The molecule has 7 heteroatoms. The Bertz CT molecular complexity index is 689. The number of aryl methyl sites for hydroxylation is 1. The van der Waals surface area contributed by atoms with Crippen molar-refractivity contribution in [1.82, 2.24) is 9.62 Å². The maximum atomic E-state index is 13.4. The van der Waals surface area contributed by atoms with Crippen LogP contribution in [0.4, 0.5) is 4.39 Å². The van der Waals surface area contributed by atoms with Crippen LogP contribution in [0, 0.1) is 18.7 Å². The van der Waals surface area contributed by atoms with Gasteiger partial charge in [-0.05, 0) is 43.5 Å². The van der Waals surface area contributed by atoms with Crippen LogP contribution in [0.1, 0.15) is 32.3 Å². The third kappa shape index (κ3) is 4.09. The number of nitrogens with one attached hydrogen (secondary N) is 1. The first-order valence-electron chi connectivity index (χ1n) is 7.78. The SMILES string of the molecule is Cc1cc(S(=O)(=O)N2CCCC(NC(=O)C(C)C)C2)ccc1F. The standard InChI is InChI=1S/C16H23FN2O3S/c1-11(2)16(20)18-13-5-4-8-19(10-13)23(21,22)14-6-7-15(17)12(3)9-14/h6-7,9,11,13H,4-5,8,10H2,1-3H3,(H,18,20). The van der Waals surface area contributed by atoms with Crippen molar-refractivity contribution in [2.45, 2.75) is 44.6 Å². The van der Waals surface area contributed by atoms with E-state index in [4.69, 9.17) is 0 Å². The Morgan fingerprint density at radius 2 is 2.09 bits per heavy atom. The molecule has 0 bridgehead atoms. The molecule has 1 aromatic rings. The van der Waals surface area contributed by atoms with E-state index in [0.29, 0.717) is 18.5 Å². The van der Waals surface area contributed by atoms with Crippen LogP contribution in [0.5, 0.6) is 0 Å². The van der Waals surface area contributed by atoms with Gasteiger partial charge in [0.05, 0.1) is 4.90 Å². The summed E-state index contributed by atoms with van der Waals surface area (Å²) < 4.78 is 40.1. The Labute approximate surface area is 136 Å². The van der Waals surface area contributed by atoms with E-state index < -0.39 is 15.8 Å². The molecule has 1 unspecified atom stereocenters. The number of carbonyl (C=O) groups is 1. The predicted molar refractivity (Wildman–Crippen MR) is 85.9 cm³/mol. The first-order chi connectivity index (χ1) is 10.7. The van der Waals surface area contributed by atoms with Gasteiger partial charge in [0.2, 0.25) is 15.9 Å². The van der Waals surface area contributed by atoms with Gasteiger partial charge < -0.3 is 5.32 Å². The highest BCUT2D eigenvalue weighted by molar-refractivity contribution is 7.89. The first kappa shape index (κ1) is 17.9. The van der Waals surface area contributed by atoms with E-state index in [1.165, 1.54) is 29.4 Å². The third-order valence-corrected chi connectivity index (χ3v) is 5.88. The molecule has 2 rings (SSSR count). The molecule has 23 heavy (non-hydrogen) atoms. The van der Waals surface area contributed by atoms with Crippen molar-refractivity contribution in [2.75, 3.05) is 13.1 Å². The van der Waals surface area contributed by atoms with Gasteiger partial charge in [-0.3, -0.25) is 4.79 Å². The molecular formula is C16H23FN2O3S. The van der Waals surface area contributed by atoms with Crippen LogP contribution in [0.25, 0.3) is 0 Å². The maximum absolute atomic E-state index is 13.4. The fraction of sp³-hybridized carbons (Fsp3) is 0.562. The van der Waals surface area contributed by atoms with Crippen molar-refractivity contribution in [3.8, 4) is 0 Å². The molecule has 0 saturated carbocycles. The molecule has 1 heterocycles. The minimum Gasteiger partial charge on any atom is -0.352 e. The van der Waals surface area contributed by atoms with Gasteiger partial charge >= 0.3 is 0 Å². The average molecular weight is 342 g/mol. The second-order valence-corrected chi connectivity index (χ2v) is 8.21. The molecular weight excluding hydrogens is 319 g/mol. The second kappa shape index (κ2) is 6.97. The normalized spacial score (nSPS) is 19.8. The van der Waals surface area contributed by atoms with Gasteiger partial charge in [-0.15, -0.1) is 0 Å². The molecule has 1 aliphatic rings. The minimum atomic E-state index is -3.67. The molecule has 128 valence electrons. The Hall–Kier alpha value is -1.47.